The molecular formula is C21H25N. The average Bonchev–Trinajstić information content (AvgIpc) is 2.56. The van der Waals surface area contributed by atoms with Gasteiger partial charge >= 0.3 is 0 Å². The number of rotatable bonds is 3. The van der Waals surface area contributed by atoms with Gasteiger partial charge in [0.05, 0.1) is 0 Å². The van der Waals surface area contributed by atoms with E-state index in [1.807, 2.05) is 0 Å². The molecule has 0 fully saturated rings. The van der Waals surface area contributed by atoms with Crippen molar-refractivity contribution in [3.8, 4) is 0 Å². The van der Waals surface area contributed by atoms with Gasteiger partial charge in [0.1, 0.15) is 0 Å². The molecule has 2 aromatic rings. The molecule has 1 nitrogen and oxygen atoms in total. The first kappa shape index (κ1) is 16.3. The molecule has 1 aliphatic heterocycles. The van der Waals surface area contributed by atoms with Gasteiger partial charge in [0.15, 0.2) is 0 Å². The van der Waals surface area contributed by atoms with Crippen LogP contribution in [0, 0.1) is 0 Å². The highest BCUT2D eigenvalue weighted by Crippen LogP contribution is 2.20. The lowest BCUT2D eigenvalue weighted by Crippen LogP contribution is -2.26. The highest BCUT2D eigenvalue weighted by molar-refractivity contribution is 5.36. The van der Waals surface area contributed by atoms with E-state index in [4.69, 9.17) is 0 Å². The van der Waals surface area contributed by atoms with E-state index in [1.54, 1.807) is 17.7 Å². The normalized spacial score (nSPS) is 13.5. The molecule has 1 aliphatic rings. The van der Waals surface area contributed by atoms with Crippen LogP contribution in [0.4, 0.5) is 0 Å². The maximum Gasteiger partial charge on any atom is 0.0233 e. The van der Waals surface area contributed by atoms with Gasteiger partial charge in [-0.3, -0.25) is 0 Å². The topological polar surface area (TPSA) is 3.24 Å². The van der Waals surface area contributed by atoms with E-state index < -0.39 is 0 Å². The molecule has 0 saturated carbocycles. The Hall–Kier alpha value is -2.12. The van der Waals surface area contributed by atoms with Gasteiger partial charge in [-0.1, -0.05) is 73.8 Å². The summed E-state index contributed by atoms with van der Waals surface area (Å²) in [6.07, 6.45) is 5.51. The van der Waals surface area contributed by atoms with Crippen LogP contribution in [-0.4, -0.2) is 18.5 Å². The Morgan fingerprint density at radius 2 is 1.68 bits per heavy atom. The molecule has 114 valence electrons. The molecule has 22 heavy (non-hydrogen) atoms. The molecule has 0 aliphatic carbocycles. The summed E-state index contributed by atoms with van der Waals surface area (Å²) >= 11 is 0. The fourth-order valence-electron chi connectivity index (χ4n) is 2.69. The Labute approximate surface area is 134 Å². The molecule has 0 N–H and O–H groups in total. The minimum absolute atomic E-state index is 1.05. The third-order valence-corrected chi connectivity index (χ3v) is 3.89. The lowest BCUT2D eigenvalue weighted by atomic mass is 9.95. The molecule has 0 spiro atoms. The van der Waals surface area contributed by atoms with Gasteiger partial charge in [0.25, 0.3) is 0 Å². The summed E-state index contributed by atoms with van der Waals surface area (Å²) in [5, 5.41) is 0. The third-order valence-electron chi connectivity index (χ3n) is 3.89. The highest BCUT2D eigenvalue weighted by atomic mass is 15.1. The van der Waals surface area contributed by atoms with Crippen molar-refractivity contribution in [3.05, 3.63) is 96.1 Å². The second-order valence-electron chi connectivity index (χ2n) is 5.72. The zero-order chi connectivity index (χ0) is 15.8. The largest absolute Gasteiger partial charge is 0.302 e. The molecule has 3 rings (SSSR count). The summed E-state index contributed by atoms with van der Waals surface area (Å²) in [7, 11) is 2.20. The van der Waals surface area contributed by atoms with Gasteiger partial charge in [-0.15, -0.1) is 0 Å². The van der Waals surface area contributed by atoms with Crippen molar-refractivity contribution in [1.29, 1.82) is 0 Å². The molecule has 0 radical (unpaired) electrons. The first-order chi connectivity index (χ1) is 10.7. The first-order valence-corrected chi connectivity index (χ1v) is 7.79. The zero-order valence-electron chi connectivity index (χ0n) is 13.5. The highest BCUT2D eigenvalue weighted by Gasteiger charge is 2.13. The predicted octanol–water partition coefficient (Wildman–Crippen LogP) is 4.62. The summed E-state index contributed by atoms with van der Waals surface area (Å²) in [5.74, 6) is 0. The van der Waals surface area contributed by atoms with E-state index in [-0.39, 0.29) is 0 Å². The lowest BCUT2D eigenvalue weighted by Gasteiger charge is -2.25. The van der Waals surface area contributed by atoms with E-state index in [0.717, 1.165) is 13.0 Å². The van der Waals surface area contributed by atoms with Crippen LogP contribution in [0.25, 0.3) is 0 Å². The Morgan fingerprint density at radius 3 is 2.36 bits per heavy atom. The molecule has 0 atom stereocenters. The van der Waals surface area contributed by atoms with Crippen molar-refractivity contribution in [2.45, 2.75) is 19.4 Å². The fraction of sp³-hybridized carbons (Fsp3) is 0.238. The van der Waals surface area contributed by atoms with E-state index in [0.29, 0.717) is 0 Å². The van der Waals surface area contributed by atoms with Crippen LogP contribution in [0.5, 0.6) is 0 Å². The number of nitrogens with zero attached hydrogens (tertiary/aromatic N) is 1. The van der Waals surface area contributed by atoms with E-state index in [2.05, 4.69) is 73.6 Å². The minimum atomic E-state index is 1.05. The van der Waals surface area contributed by atoms with Crippen molar-refractivity contribution in [1.82, 2.24) is 4.90 Å². The van der Waals surface area contributed by atoms with Crippen molar-refractivity contribution in [2.75, 3.05) is 13.6 Å². The SMILES string of the molecule is C=CC=C.CN1CCc2cc(Cc3ccccc3)ccc2C1. The molecule has 0 aromatic heterocycles. The number of hydrogen-bond donors (Lipinski definition) is 0. The van der Waals surface area contributed by atoms with Crippen molar-refractivity contribution < 1.29 is 0 Å². The average molecular weight is 291 g/mol. The van der Waals surface area contributed by atoms with Crippen LogP contribution in [0.3, 0.4) is 0 Å². The molecule has 0 unspecified atom stereocenters. The van der Waals surface area contributed by atoms with Gasteiger partial charge < -0.3 is 4.90 Å². The summed E-state index contributed by atoms with van der Waals surface area (Å²) in [6, 6.07) is 17.7. The maximum absolute atomic E-state index is 3.36. The summed E-state index contributed by atoms with van der Waals surface area (Å²) in [5.41, 5.74) is 5.87. The Bertz CT molecular complexity index is 607. The minimum Gasteiger partial charge on any atom is -0.302 e. The van der Waals surface area contributed by atoms with Crippen LogP contribution in [-0.2, 0) is 19.4 Å². The smallest absolute Gasteiger partial charge is 0.0233 e. The van der Waals surface area contributed by atoms with Crippen molar-refractivity contribution in [3.63, 3.8) is 0 Å². The van der Waals surface area contributed by atoms with Gasteiger partial charge in [0.2, 0.25) is 0 Å². The fourth-order valence-corrected chi connectivity index (χ4v) is 2.69. The van der Waals surface area contributed by atoms with Crippen LogP contribution < -0.4 is 0 Å². The molecule has 1 heterocycles. The van der Waals surface area contributed by atoms with Crippen LogP contribution in [0.15, 0.2) is 73.8 Å². The Kier molecular flexibility index (Phi) is 6.17. The standard InChI is InChI=1S/C17H19N.C4H6/c1-18-10-9-16-12-15(7-8-17(16)13-18)11-14-5-3-2-4-6-14;1-3-4-2/h2-8,12H,9-11,13H2,1H3;3-4H,1-2H2. The van der Waals surface area contributed by atoms with Gasteiger partial charge in [0, 0.05) is 13.1 Å². The molecule has 1 heteroatoms. The number of hydrogen-bond acceptors (Lipinski definition) is 1. The summed E-state index contributed by atoms with van der Waals surface area (Å²) < 4.78 is 0. The second kappa shape index (κ2) is 8.35. The molecule has 0 bridgehead atoms. The predicted molar refractivity (Wildman–Crippen MR) is 96.1 cm³/mol. The number of likely N-dealkylation sites (N-methyl/N-ethyl adjacent to an activating group) is 1. The number of benzene rings is 2. The third kappa shape index (κ3) is 4.71. The zero-order valence-corrected chi connectivity index (χ0v) is 13.5. The Balaban J connectivity index is 0.000000396. The van der Waals surface area contributed by atoms with Crippen LogP contribution >= 0.6 is 0 Å². The summed E-state index contributed by atoms with van der Waals surface area (Å²) in [6.45, 7) is 9.00. The molecule has 0 amide bonds. The van der Waals surface area contributed by atoms with Gasteiger partial charge in [-0.05, 0) is 42.1 Å². The molecule has 2 aromatic carbocycles. The van der Waals surface area contributed by atoms with Gasteiger partial charge in [-0.25, -0.2) is 0 Å². The Morgan fingerprint density at radius 1 is 0.955 bits per heavy atom. The monoisotopic (exact) mass is 291 g/mol. The van der Waals surface area contributed by atoms with Crippen molar-refractivity contribution in [2.24, 2.45) is 0 Å². The summed E-state index contributed by atoms with van der Waals surface area (Å²) in [4.78, 5) is 2.39. The van der Waals surface area contributed by atoms with Gasteiger partial charge in [-0.2, -0.15) is 0 Å². The van der Waals surface area contributed by atoms with E-state index in [9.17, 15) is 0 Å². The number of allylic oxidation sites excluding steroid dienone is 2. The molecule has 0 saturated heterocycles. The lowest BCUT2D eigenvalue weighted by molar-refractivity contribution is 0.313. The van der Waals surface area contributed by atoms with Crippen LogP contribution in [0.2, 0.25) is 0 Å². The second-order valence-corrected chi connectivity index (χ2v) is 5.72. The van der Waals surface area contributed by atoms with E-state index in [1.165, 1.54) is 29.7 Å². The van der Waals surface area contributed by atoms with E-state index >= 15 is 0 Å². The quantitative estimate of drug-likeness (QED) is 0.746. The molecular weight excluding hydrogens is 266 g/mol. The van der Waals surface area contributed by atoms with Crippen LogP contribution in [0.1, 0.15) is 22.3 Å². The number of fused-ring (bicyclic) bond motifs is 1. The first-order valence-electron chi connectivity index (χ1n) is 7.79. The van der Waals surface area contributed by atoms with Crippen molar-refractivity contribution >= 4 is 0 Å². The maximum atomic E-state index is 3.36.